The maximum atomic E-state index is 12.7. The Kier molecular flexibility index (Phi) is 7.21. The number of aliphatic hydroxyl groups excluding tert-OH is 3. The number of amides is 1. The van der Waals surface area contributed by atoms with Crippen LogP contribution < -0.4 is 10.6 Å². The molecule has 39 heavy (non-hydrogen) atoms. The van der Waals surface area contributed by atoms with Crippen LogP contribution in [0.1, 0.15) is 22.4 Å². The Morgan fingerprint density at radius 1 is 1.05 bits per heavy atom. The largest absolute Gasteiger partial charge is 0.394 e. The third-order valence-corrected chi connectivity index (χ3v) is 6.86. The van der Waals surface area contributed by atoms with Crippen molar-refractivity contribution in [1.29, 1.82) is 0 Å². The predicted molar refractivity (Wildman–Crippen MR) is 133 cm³/mol. The molecule has 5 rings (SSSR count). The molecule has 0 spiro atoms. The molecule has 1 aromatic carbocycles. The number of rotatable bonds is 8. The van der Waals surface area contributed by atoms with Gasteiger partial charge in [-0.05, 0) is 36.4 Å². The van der Waals surface area contributed by atoms with Gasteiger partial charge in [0.05, 0.1) is 24.4 Å². The average molecular weight is 558 g/mol. The van der Waals surface area contributed by atoms with Crippen LogP contribution >= 0.6 is 0 Å². The van der Waals surface area contributed by atoms with E-state index in [9.17, 15) is 28.5 Å². The fraction of sp³-hybridized carbons (Fsp3) is 0.261. The van der Waals surface area contributed by atoms with Gasteiger partial charge >= 0.3 is 0 Å². The van der Waals surface area contributed by atoms with Crippen molar-refractivity contribution < 1.29 is 37.8 Å². The van der Waals surface area contributed by atoms with E-state index < -0.39 is 47.2 Å². The third kappa shape index (κ3) is 5.42. The summed E-state index contributed by atoms with van der Waals surface area (Å²) < 4.78 is 38.6. The minimum atomic E-state index is -4.40. The predicted octanol–water partition coefficient (Wildman–Crippen LogP) is -0.247. The molecule has 0 radical (unpaired) electrons. The smallest absolute Gasteiger partial charge is 0.294 e. The van der Waals surface area contributed by atoms with Crippen LogP contribution in [0, 0.1) is 0 Å². The number of imidazole rings is 1. The van der Waals surface area contributed by atoms with E-state index in [1.165, 1.54) is 23.0 Å². The van der Waals surface area contributed by atoms with Gasteiger partial charge in [0.2, 0.25) is 0 Å². The minimum absolute atomic E-state index is 0.131. The fourth-order valence-corrected chi connectivity index (χ4v) is 4.50. The van der Waals surface area contributed by atoms with Gasteiger partial charge in [0, 0.05) is 11.8 Å². The summed E-state index contributed by atoms with van der Waals surface area (Å²) in [5.74, 6) is 0.272. The normalized spacial score (nSPS) is 21.2. The monoisotopic (exact) mass is 557 g/mol. The highest BCUT2D eigenvalue weighted by atomic mass is 32.2. The van der Waals surface area contributed by atoms with Crippen molar-refractivity contribution in [3.63, 3.8) is 0 Å². The number of hydrogen-bond donors (Lipinski definition) is 6. The molecule has 0 bridgehead atoms. The van der Waals surface area contributed by atoms with E-state index in [1.54, 1.807) is 24.4 Å². The van der Waals surface area contributed by atoms with E-state index in [-0.39, 0.29) is 39.8 Å². The molecular weight excluding hydrogens is 534 g/mol. The highest BCUT2D eigenvalue weighted by Crippen LogP contribution is 2.32. The van der Waals surface area contributed by atoms with Crippen molar-refractivity contribution in [2.75, 3.05) is 11.9 Å². The van der Waals surface area contributed by atoms with E-state index in [1.807, 2.05) is 0 Å². The Morgan fingerprint density at radius 2 is 1.82 bits per heavy atom. The molecule has 1 saturated heterocycles. The molecule has 6 N–H and O–H groups in total. The van der Waals surface area contributed by atoms with Crippen molar-refractivity contribution in [1.82, 2.24) is 29.8 Å². The van der Waals surface area contributed by atoms with Crippen LogP contribution in [-0.4, -0.2) is 83.6 Å². The zero-order chi connectivity index (χ0) is 27.7. The van der Waals surface area contributed by atoms with Crippen LogP contribution in [-0.2, 0) is 21.4 Å². The van der Waals surface area contributed by atoms with Gasteiger partial charge in [-0.2, -0.15) is 8.42 Å². The Morgan fingerprint density at radius 3 is 2.46 bits per heavy atom. The van der Waals surface area contributed by atoms with Crippen LogP contribution in [0.4, 0.5) is 11.6 Å². The number of fused-ring (bicyclic) bond motifs is 1. The molecular formula is C23H23N7O8S. The first-order valence-corrected chi connectivity index (χ1v) is 13.0. The van der Waals surface area contributed by atoms with Crippen molar-refractivity contribution in [2.45, 2.75) is 36.0 Å². The number of anilines is 2. The van der Waals surface area contributed by atoms with Crippen LogP contribution in [0.3, 0.4) is 0 Å². The first-order valence-electron chi connectivity index (χ1n) is 11.6. The van der Waals surface area contributed by atoms with Crippen molar-refractivity contribution >= 4 is 38.8 Å². The van der Waals surface area contributed by atoms with Gasteiger partial charge in [0.15, 0.2) is 29.0 Å². The van der Waals surface area contributed by atoms with E-state index in [0.717, 1.165) is 12.1 Å². The maximum absolute atomic E-state index is 12.7. The fourth-order valence-electron chi connectivity index (χ4n) is 4.02. The molecule has 1 aliphatic heterocycles. The molecule has 1 aliphatic rings. The van der Waals surface area contributed by atoms with Gasteiger partial charge in [-0.15, -0.1) is 0 Å². The summed E-state index contributed by atoms with van der Waals surface area (Å²) in [6.45, 7) is -0.668. The van der Waals surface area contributed by atoms with E-state index >= 15 is 0 Å². The van der Waals surface area contributed by atoms with Crippen LogP contribution in [0.2, 0.25) is 0 Å². The quantitative estimate of drug-likeness (QED) is 0.154. The number of carbonyl (C=O) groups excluding carboxylic acids is 1. The number of nitrogens with one attached hydrogen (secondary N) is 2. The maximum Gasteiger partial charge on any atom is 0.294 e. The topological polar surface area (TPSA) is 222 Å². The summed E-state index contributed by atoms with van der Waals surface area (Å²) in [7, 11) is -4.40. The Balaban J connectivity index is 1.46. The number of hydrogen-bond acceptors (Lipinski definition) is 12. The van der Waals surface area contributed by atoms with Crippen molar-refractivity contribution in [3.05, 3.63) is 66.4 Å². The van der Waals surface area contributed by atoms with Crippen LogP contribution in [0.15, 0.2) is 59.9 Å². The molecule has 204 valence electrons. The Hall–Kier alpha value is -4.06. The van der Waals surface area contributed by atoms with E-state index in [4.69, 9.17) is 9.29 Å². The number of nitrogens with zero attached hydrogens (tertiary/aromatic N) is 5. The second-order valence-corrected chi connectivity index (χ2v) is 9.98. The van der Waals surface area contributed by atoms with Gasteiger partial charge in [0.1, 0.15) is 24.1 Å². The number of benzene rings is 1. The summed E-state index contributed by atoms with van der Waals surface area (Å²) >= 11 is 0. The second-order valence-electron chi connectivity index (χ2n) is 8.56. The molecule has 4 atom stereocenters. The number of aliphatic hydroxyl groups is 3. The number of aromatic nitrogens is 5. The molecule has 4 aromatic rings. The molecule has 4 heterocycles. The molecule has 1 fully saturated rings. The van der Waals surface area contributed by atoms with Crippen molar-refractivity contribution in [2.24, 2.45) is 0 Å². The van der Waals surface area contributed by atoms with Crippen LogP contribution in [0.5, 0.6) is 0 Å². The highest BCUT2D eigenvalue weighted by Gasteiger charge is 2.44. The second kappa shape index (κ2) is 10.6. The van der Waals surface area contributed by atoms with Gasteiger partial charge in [-0.25, -0.2) is 19.9 Å². The van der Waals surface area contributed by atoms with Gasteiger partial charge in [-0.3, -0.25) is 13.9 Å². The lowest BCUT2D eigenvalue weighted by Crippen LogP contribution is -2.33. The SMILES string of the molecule is O=C(NCc1nc(Nc2ccccn2)c2ncn([C@@H]3O[C@H](CO)[C@@H](O)[C@@H]3O)c2n1)c1ccc(S(=O)(=O)O)cc1. The molecule has 0 saturated carbocycles. The third-order valence-electron chi connectivity index (χ3n) is 5.99. The first kappa shape index (κ1) is 26.5. The zero-order valence-corrected chi connectivity index (χ0v) is 20.8. The van der Waals surface area contributed by atoms with E-state index in [0.29, 0.717) is 5.82 Å². The average Bonchev–Trinajstić information content (AvgIpc) is 3.47. The number of pyridine rings is 1. The summed E-state index contributed by atoms with van der Waals surface area (Å²) in [6, 6.07) is 9.89. The van der Waals surface area contributed by atoms with Crippen LogP contribution in [0.25, 0.3) is 11.2 Å². The first-order chi connectivity index (χ1) is 18.7. The number of carbonyl (C=O) groups is 1. The minimum Gasteiger partial charge on any atom is -0.394 e. The molecule has 0 aliphatic carbocycles. The summed E-state index contributed by atoms with van der Waals surface area (Å²) in [5, 5.41) is 35.9. The number of ether oxygens (including phenoxy) is 1. The molecule has 15 nitrogen and oxygen atoms in total. The molecule has 0 unspecified atom stereocenters. The van der Waals surface area contributed by atoms with E-state index in [2.05, 4.69) is 30.6 Å². The zero-order valence-electron chi connectivity index (χ0n) is 20.0. The molecule has 3 aromatic heterocycles. The highest BCUT2D eigenvalue weighted by molar-refractivity contribution is 7.85. The molecule has 1 amide bonds. The lowest BCUT2D eigenvalue weighted by Gasteiger charge is -2.17. The lowest BCUT2D eigenvalue weighted by molar-refractivity contribution is -0.0511. The van der Waals surface area contributed by atoms with Gasteiger partial charge in [-0.1, -0.05) is 6.07 Å². The van der Waals surface area contributed by atoms with Gasteiger partial charge in [0.25, 0.3) is 16.0 Å². The van der Waals surface area contributed by atoms with Crippen molar-refractivity contribution in [3.8, 4) is 0 Å². The van der Waals surface area contributed by atoms with Gasteiger partial charge < -0.3 is 30.7 Å². The summed E-state index contributed by atoms with van der Waals surface area (Å²) in [4.78, 5) is 29.8. The summed E-state index contributed by atoms with van der Waals surface area (Å²) in [5.41, 5.74) is 0.626. The summed E-state index contributed by atoms with van der Waals surface area (Å²) in [6.07, 6.45) is -1.91. The lowest BCUT2D eigenvalue weighted by atomic mass is 10.1. The molecule has 16 heteroatoms. The standard InChI is InChI=1S/C23H23N7O8S/c31-10-14-18(32)19(33)23(38-14)30-11-26-17-20(27-15-3-1-2-8-24-15)28-16(29-21(17)30)9-25-22(34)12-4-6-13(7-5-12)39(35,36)37/h1-8,11,14,18-19,23,31-33H,9-10H2,(H,25,34)(H,35,36,37)(H,24,27,28,29)/t14-,18-,19+,23-/m1/s1. The Bertz CT molecular complexity index is 1600. The Labute approximate surface area is 220 Å².